The van der Waals surface area contributed by atoms with E-state index in [0.717, 1.165) is 11.3 Å². The fraction of sp³-hybridized carbons (Fsp3) is 0.167. The monoisotopic (exact) mass is 311 g/mol. The van der Waals surface area contributed by atoms with Gasteiger partial charge in [0, 0.05) is 17.3 Å². The van der Waals surface area contributed by atoms with Gasteiger partial charge in [-0.15, -0.1) is 0 Å². The number of methoxy groups -OCH3 is 3. The molecule has 118 valence electrons. The van der Waals surface area contributed by atoms with Gasteiger partial charge >= 0.3 is 0 Å². The van der Waals surface area contributed by atoms with Gasteiger partial charge in [-0.2, -0.15) is 0 Å². The first-order valence-corrected chi connectivity index (χ1v) is 7.10. The summed E-state index contributed by atoms with van der Waals surface area (Å²) in [7, 11) is 4.68. The normalized spacial score (nSPS) is 10.6. The predicted octanol–water partition coefficient (Wildman–Crippen LogP) is 3.22. The Labute approximate surface area is 133 Å². The van der Waals surface area contributed by atoms with Crippen LogP contribution in [0.5, 0.6) is 17.2 Å². The minimum atomic E-state index is -0.132. The standard InChI is InChI=1S/C18H17NO4/c1-21-12-6-4-5-11(9-12)14-10-15(20)17-13(19-14)7-8-16(22-2)18(17)23-3/h4-10H,1-3H3,(H,19,20). The number of fused-ring (bicyclic) bond motifs is 1. The van der Waals surface area contributed by atoms with Gasteiger partial charge in [0.15, 0.2) is 16.9 Å². The zero-order chi connectivity index (χ0) is 16.4. The predicted molar refractivity (Wildman–Crippen MR) is 89.7 cm³/mol. The van der Waals surface area contributed by atoms with E-state index in [2.05, 4.69) is 4.98 Å². The lowest BCUT2D eigenvalue weighted by Crippen LogP contribution is -2.06. The number of hydrogen-bond acceptors (Lipinski definition) is 4. The molecule has 2 aromatic carbocycles. The molecule has 3 rings (SSSR count). The van der Waals surface area contributed by atoms with E-state index in [1.54, 1.807) is 26.4 Å². The molecule has 1 heterocycles. The first-order valence-electron chi connectivity index (χ1n) is 7.10. The number of H-pyrrole nitrogens is 1. The van der Waals surface area contributed by atoms with Gasteiger partial charge in [0.05, 0.1) is 32.2 Å². The van der Waals surface area contributed by atoms with E-state index in [1.165, 1.54) is 7.11 Å². The lowest BCUT2D eigenvalue weighted by Gasteiger charge is -2.12. The Kier molecular flexibility index (Phi) is 3.93. The molecule has 0 bridgehead atoms. The second-order valence-corrected chi connectivity index (χ2v) is 5.00. The van der Waals surface area contributed by atoms with Crippen molar-refractivity contribution in [3.8, 4) is 28.5 Å². The van der Waals surface area contributed by atoms with Gasteiger partial charge in [-0.05, 0) is 24.3 Å². The van der Waals surface area contributed by atoms with Gasteiger partial charge in [-0.25, -0.2) is 0 Å². The molecule has 0 fully saturated rings. The summed E-state index contributed by atoms with van der Waals surface area (Å²) in [6, 6.07) is 12.7. The summed E-state index contributed by atoms with van der Waals surface area (Å²) in [4.78, 5) is 15.9. The molecule has 1 N–H and O–H groups in total. The van der Waals surface area contributed by atoms with E-state index in [1.807, 2.05) is 30.3 Å². The van der Waals surface area contributed by atoms with Crippen LogP contribution < -0.4 is 19.6 Å². The molecular weight excluding hydrogens is 294 g/mol. The number of pyridine rings is 1. The van der Waals surface area contributed by atoms with Crippen molar-refractivity contribution in [2.45, 2.75) is 0 Å². The lowest BCUT2D eigenvalue weighted by molar-refractivity contribution is 0.358. The highest BCUT2D eigenvalue weighted by atomic mass is 16.5. The Bertz CT molecular complexity index is 915. The number of ether oxygens (including phenoxy) is 3. The number of rotatable bonds is 4. The Morgan fingerprint density at radius 3 is 2.43 bits per heavy atom. The summed E-state index contributed by atoms with van der Waals surface area (Å²) in [5.41, 5.74) is 2.15. The quantitative estimate of drug-likeness (QED) is 0.803. The van der Waals surface area contributed by atoms with E-state index in [4.69, 9.17) is 14.2 Å². The zero-order valence-electron chi connectivity index (χ0n) is 13.2. The first-order chi connectivity index (χ1) is 11.2. The Morgan fingerprint density at radius 1 is 0.913 bits per heavy atom. The highest BCUT2D eigenvalue weighted by Gasteiger charge is 2.14. The van der Waals surface area contributed by atoms with Crippen LogP contribution in [0.1, 0.15) is 0 Å². The van der Waals surface area contributed by atoms with Crippen molar-refractivity contribution in [2.24, 2.45) is 0 Å². The molecule has 3 aromatic rings. The van der Waals surface area contributed by atoms with Crippen molar-refractivity contribution in [2.75, 3.05) is 21.3 Å². The second-order valence-electron chi connectivity index (χ2n) is 5.00. The van der Waals surface area contributed by atoms with E-state index in [0.29, 0.717) is 28.1 Å². The largest absolute Gasteiger partial charge is 0.497 e. The molecule has 0 saturated heterocycles. The average Bonchev–Trinajstić information content (AvgIpc) is 2.60. The maximum absolute atomic E-state index is 12.6. The second kappa shape index (κ2) is 6.04. The fourth-order valence-corrected chi connectivity index (χ4v) is 2.61. The number of nitrogens with one attached hydrogen (secondary N) is 1. The van der Waals surface area contributed by atoms with Crippen LogP contribution >= 0.6 is 0 Å². The van der Waals surface area contributed by atoms with Gasteiger partial charge in [0.2, 0.25) is 0 Å². The van der Waals surface area contributed by atoms with Crippen LogP contribution in [0.3, 0.4) is 0 Å². The highest BCUT2D eigenvalue weighted by Crippen LogP contribution is 2.33. The molecular formula is C18H17NO4. The SMILES string of the molecule is COc1cccc(-c2cc(=O)c3c(OC)c(OC)ccc3[nH]2)c1. The van der Waals surface area contributed by atoms with Crippen LogP contribution in [-0.4, -0.2) is 26.3 Å². The minimum absolute atomic E-state index is 0.132. The molecule has 0 atom stereocenters. The smallest absolute Gasteiger partial charge is 0.193 e. The molecule has 5 heteroatoms. The Morgan fingerprint density at radius 2 is 1.74 bits per heavy atom. The van der Waals surface area contributed by atoms with Crippen LogP contribution in [0.25, 0.3) is 22.2 Å². The highest BCUT2D eigenvalue weighted by molar-refractivity contribution is 5.89. The molecule has 0 aliphatic carbocycles. The summed E-state index contributed by atoms with van der Waals surface area (Å²) in [6.07, 6.45) is 0. The third kappa shape index (κ3) is 2.61. The Hall–Kier alpha value is -2.95. The van der Waals surface area contributed by atoms with Crippen LogP contribution in [0, 0.1) is 0 Å². The molecule has 0 spiro atoms. The van der Waals surface area contributed by atoms with E-state index in [9.17, 15) is 4.79 Å². The van der Waals surface area contributed by atoms with Crippen LogP contribution in [0.4, 0.5) is 0 Å². The Balaban J connectivity index is 2.24. The average molecular weight is 311 g/mol. The maximum atomic E-state index is 12.6. The number of benzene rings is 2. The molecule has 0 aliphatic heterocycles. The van der Waals surface area contributed by atoms with Crippen LogP contribution in [0.2, 0.25) is 0 Å². The summed E-state index contributed by atoms with van der Waals surface area (Å²) in [5, 5.41) is 0.471. The van der Waals surface area contributed by atoms with E-state index >= 15 is 0 Å². The first kappa shape index (κ1) is 15.0. The van der Waals surface area contributed by atoms with Crippen molar-refractivity contribution in [3.05, 3.63) is 52.7 Å². The molecule has 1 aromatic heterocycles. The fourth-order valence-electron chi connectivity index (χ4n) is 2.61. The molecule has 23 heavy (non-hydrogen) atoms. The van der Waals surface area contributed by atoms with Gasteiger partial charge in [0.25, 0.3) is 0 Å². The summed E-state index contributed by atoms with van der Waals surface area (Å²) in [6.45, 7) is 0. The topological polar surface area (TPSA) is 60.6 Å². The van der Waals surface area contributed by atoms with Crippen molar-refractivity contribution < 1.29 is 14.2 Å². The van der Waals surface area contributed by atoms with Crippen LogP contribution in [-0.2, 0) is 0 Å². The van der Waals surface area contributed by atoms with Crippen molar-refractivity contribution in [1.82, 2.24) is 4.98 Å². The summed E-state index contributed by atoms with van der Waals surface area (Å²) >= 11 is 0. The summed E-state index contributed by atoms with van der Waals surface area (Å²) < 4.78 is 15.8. The maximum Gasteiger partial charge on any atom is 0.193 e. The molecule has 5 nitrogen and oxygen atoms in total. The van der Waals surface area contributed by atoms with Crippen LogP contribution in [0.15, 0.2) is 47.3 Å². The van der Waals surface area contributed by atoms with Gasteiger partial charge in [-0.1, -0.05) is 12.1 Å². The van der Waals surface area contributed by atoms with Gasteiger partial charge in [-0.3, -0.25) is 4.79 Å². The van der Waals surface area contributed by atoms with E-state index in [-0.39, 0.29) is 5.43 Å². The van der Waals surface area contributed by atoms with Crippen molar-refractivity contribution >= 4 is 10.9 Å². The number of aromatic nitrogens is 1. The third-order valence-corrected chi connectivity index (χ3v) is 3.72. The van der Waals surface area contributed by atoms with Crippen molar-refractivity contribution in [1.29, 1.82) is 0 Å². The lowest BCUT2D eigenvalue weighted by atomic mass is 10.1. The number of hydrogen-bond donors (Lipinski definition) is 1. The zero-order valence-corrected chi connectivity index (χ0v) is 13.2. The van der Waals surface area contributed by atoms with E-state index < -0.39 is 0 Å². The molecule has 0 unspecified atom stereocenters. The molecule has 0 aliphatic rings. The van der Waals surface area contributed by atoms with Gasteiger partial charge < -0.3 is 19.2 Å². The molecule has 0 radical (unpaired) electrons. The molecule has 0 amide bonds. The van der Waals surface area contributed by atoms with Crippen molar-refractivity contribution in [3.63, 3.8) is 0 Å². The number of aromatic amines is 1. The van der Waals surface area contributed by atoms with Gasteiger partial charge in [0.1, 0.15) is 5.75 Å². The minimum Gasteiger partial charge on any atom is -0.497 e. The summed E-state index contributed by atoms with van der Waals surface area (Å²) in [5.74, 6) is 1.69. The third-order valence-electron chi connectivity index (χ3n) is 3.72. The molecule has 0 saturated carbocycles.